The van der Waals surface area contributed by atoms with E-state index in [1.165, 1.54) is 24.1 Å². The Labute approximate surface area is 120 Å². The summed E-state index contributed by atoms with van der Waals surface area (Å²) in [6.07, 6.45) is -4.20. The molecule has 0 bridgehead atoms. The van der Waals surface area contributed by atoms with E-state index < -0.39 is 11.7 Å². The standard InChI is InChI=1S/C13H14F3NO2S/c1-19-11-3-2-9(5-10(11)13(14,15)16)17-6-8(7-20)4-12(17)18/h2-3,5,8,20H,4,6-7H2,1H3. The number of alkyl halides is 3. The van der Waals surface area contributed by atoms with Crippen LogP contribution in [0, 0.1) is 5.92 Å². The van der Waals surface area contributed by atoms with E-state index in [4.69, 9.17) is 4.74 Å². The summed E-state index contributed by atoms with van der Waals surface area (Å²) in [5.74, 6) is 0.174. The molecule has 0 saturated carbocycles. The van der Waals surface area contributed by atoms with Crippen LogP contribution in [0.15, 0.2) is 18.2 Å². The number of halogens is 3. The summed E-state index contributed by atoms with van der Waals surface area (Å²) >= 11 is 4.13. The monoisotopic (exact) mass is 305 g/mol. The highest BCUT2D eigenvalue weighted by Gasteiger charge is 2.36. The third-order valence-corrected chi connectivity index (χ3v) is 3.78. The fourth-order valence-electron chi connectivity index (χ4n) is 2.24. The molecule has 20 heavy (non-hydrogen) atoms. The molecule has 1 aromatic rings. The summed E-state index contributed by atoms with van der Waals surface area (Å²) in [5, 5.41) is 0. The van der Waals surface area contributed by atoms with Gasteiger partial charge in [0.25, 0.3) is 0 Å². The number of hydrogen-bond donors (Lipinski definition) is 1. The number of rotatable bonds is 3. The van der Waals surface area contributed by atoms with E-state index in [0.717, 1.165) is 6.07 Å². The number of ether oxygens (including phenoxy) is 1. The van der Waals surface area contributed by atoms with E-state index in [0.29, 0.717) is 18.7 Å². The molecule has 110 valence electrons. The van der Waals surface area contributed by atoms with Crippen molar-refractivity contribution in [2.24, 2.45) is 5.92 Å². The van der Waals surface area contributed by atoms with Crippen LogP contribution in [0.25, 0.3) is 0 Å². The molecule has 1 aromatic carbocycles. The van der Waals surface area contributed by atoms with Gasteiger partial charge in [-0.3, -0.25) is 4.79 Å². The van der Waals surface area contributed by atoms with Crippen molar-refractivity contribution < 1.29 is 22.7 Å². The van der Waals surface area contributed by atoms with Crippen molar-refractivity contribution in [2.75, 3.05) is 24.3 Å². The smallest absolute Gasteiger partial charge is 0.420 e. The summed E-state index contributed by atoms with van der Waals surface area (Å²) in [6.45, 7) is 0.395. The van der Waals surface area contributed by atoms with Gasteiger partial charge in [0.1, 0.15) is 5.75 Å². The third kappa shape index (κ3) is 2.87. The maximum atomic E-state index is 12.9. The first kappa shape index (κ1) is 15.0. The van der Waals surface area contributed by atoms with Gasteiger partial charge in [0.15, 0.2) is 0 Å². The molecular formula is C13H14F3NO2S. The maximum Gasteiger partial charge on any atom is 0.420 e. The van der Waals surface area contributed by atoms with Gasteiger partial charge in [-0.05, 0) is 29.9 Å². The Morgan fingerprint density at radius 1 is 1.45 bits per heavy atom. The van der Waals surface area contributed by atoms with Crippen molar-refractivity contribution in [3.63, 3.8) is 0 Å². The van der Waals surface area contributed by atoms with Crippen LogP contribution in [0.3, 0.4) is 0 Å². The van der Waals surface area contributed by atoms with Crippen molar-refractivity contribution >= 4 is 24.2 Å². The zero-order valence-electron chi connectivity index (χ0n) is 10.8. The number of hydrogen-bond acceptors (Lipinski definition) is 3. The van der Waals surface area contributed by atoms with Gasteiger partial charge in [-0.2, -0.15) is 25.8 Å². The van der Waals surface area contributed by atoms with Gasteiger partial charge in [0, 0.05) is 18.7 Å². The molecule has 1 saturated heterocycles. The predicted octanol–water partition coefficient (Wildman–Crippen LogP) is 3.00. The Hall–Kier alpha value is -1.37. The Morgan fingerprint density at radius 3 is 2.65 bits per heavy atom. The number of benzene rings is 1. The molecule has 1 aliphatic heterocycles. The molecule has 3 nitrogen and oxygen atoms in total. The lowest BCUT2D eigenvalue weighted by atomic mass is 10.1. The second-order valence-electron chi connectivity index (χ2n) is 4.64. The number of amides is 1. The van der Waals surface area contributed by atoms with Crippen molar-refractivity contribution in [1.29, 1.82) is 0 Å². The van der Waals surface area contributed by atoms with Crippen LogP contribution in [0.4, 0.5) is 18.9 Å². The van der Waals surface area contributed by atoms with Gasteiger partial charge in [0.05, 0.1) is 12.7 Å². The molecule has 1 fully saturated rings. The fourth-order valence-corrected chi connectivity index (χ4v) is 2.48. The highest BCUT2D eigenvalue weighted by atomic mass is 32.1. The van der Waals surface area contributed by atoms with Crippen LogP contribution in [-0.4, -0.2) is 25.3 Å². The Balaban J connectivity index is 2.37. The molecule has 0 aliphatic carbocycles. The van der Waals surface area contributed by atoms with Crippen molar-refractivity contribution in [3.05, 3.63) is 23.8 Å². The van der Waals surface area contributed by atoms with Gasteiger partial charge < -0.3 is 9.64 Å². The Bertz CT molecular complexity index is 519. The van der Waals surface area contributed by atoms with E-state index in [2.05, 4.69) is 12.6 Å². The third-order valence-electron chi connectivity index (χ3n) is 3.26. The van der Waals surface area contributed by atoms with Crippen LogP contribution >= 0.6 is 12.6 Å². The lowest BCUT2D eigenvalue weighted by molar-refractivity contribution is -0.138. The summed E-state index contributed by atoms with van der Waals surface area (Å²) in [5.41, 5.74) is -0.632. The molecule has 7 heteroatoms. The van der Waals surface area contributed by atoms with Crippen LogP contribution < -0.4 is 9.64 Å². The lowest BCUT2D eigenvalue weighted by Gasteiger charge is -2.19. The maximum absolute atomic E-state index is 12.9. The molecule has 1 amide bonds. The highest BCUT2D eigenvalue weighted by molar-refractivity contribution is 7.80. The van der Waals surface area contributed by atoms with E-state index in [1.54, 1.807) is 0 Å². The molecule has 0 spiro atoms. The normalized spacial score (nSPS) is 19.6. The van der Waals surface area contributed by atoms with Crippen LogP contribution in [0.2, 0.25) is 0 Å². The van der Waals surface area contributed by atoms with E-state index in [9.17, 15) is 18.0 Å². The van der Waals surface area contributed by atoms with E-state index in [-0.39, 0.29) is 23.3 Å². The number of anilines is 1. The van der Waals surface area contributed by atoms with Gasteiger partial charge in [-0.15, -0.1) is 0 Å². The van der Waals surface area contributed by atoms with Crippen LogP contribution in [0.1, 0.15) is 12.0 Å². The minimum Gasteiger partial charge on any atom is -0.496 e. The summed E-state index contributed by atoms with van der Waals surface area (Å²) < 4.78 is 43.6. The van der Waals surface area contributed by atoms with Crippen LogP contribution in [0.5, 0.6) is 5.75 Å². The number of carbonyl (C=O) groups is 1. The van der Waals surface area contributed by atoms with Gasteiger partial charge >= 0.3 is 6.18 Å². The first-order valence-electron chi connectivity index (χ1n) is 6.03. The second-order valence-corrected chi connectivity index (χ2v) is 5.00. The molecule has 0 radical (unpaired) electrons. The average molecular weight is 305 g/mol. The number of methoxy groups -OCH3 is 1. The first-order valence-corrected chi connectivity index (χ1v) is 6.66. The molecule has 2 rings (SSSR count). The summed E-state index contributed by atoms with van der Waals surface area (Å²) in [6, 6.07) is 3.66. The minimum absolute atomic E-state index is 0.0715. The van der Waals surface area contributed by atoms with E-state index >= 15 is 0 Å². The van der Waals surface area contributed by atoms with Crippen LogP contribution in [-0.2, 0) is 11.0 Å². The first-order chi connectivity index (χ1) is 9.36. The quantitative estimate of drug-likeness (QED) is 0.870. The number of carbonyl (C=O) groups excluding carboxylic acids is 1. The van der Waals surface area contributed by atoms with Gasteiger partial charge in [-0.25, -0.2) is 0 Å². The second kappa shape index (κ2) is 5.55. The highest BCUT2D eigenvalue weighted by Crippen LogP contribution is 2.39. The summed E-state index contributed by atoms with van der Waals surface area (Å²) in [4.78, 5) is 13.2. The minimum atomic E-state index is -4.52. The Kier molecular flexibility index (Phi) is 4.17. The summed E-state index contributed by atoms with van der Waals surface area (Å²) in [7, 11) is 1.18. The molecular weight excluding hydrogens is 291 g/mol. The van der Waals surface area contributed by atoms with E-state index in [1.807, 2.05) is 0 Å². The zero-order valence-corrected chi connectivity index (χ0v) is 11.7. The molecule has 1 heterocycles. The predicted molar refractivity (Wildman–Crippen MR) is 72.3 cm³/mol. The molecule has 0 aromatic heterocycles. The van der Waals surface area contributed by atoms with Crippen molar-refractivity contribution in [1.82, 2.24) is 0 Å². The van der Waals surface area contributed by atoms with Crippen molar-refractivity contribution in [2.45, 2.75) is 12.6 Å². The molecule has 1 unspecified atom stereocenters. The molecule has 1 aliphatic rings. The molecule has 0 N–H and O–H groups in total. The van der Waals surface area contributed by atoms with Gasteiger partial charge in [-0.1, -0.05) is 0 Å². The zero-order chi connectivity index (χ0) is 14.9. The molecule has 1 atom stereocenters. The lowest BCUT2D eigenvalue weighted by Crippen LogP contribution is -2.25. The SMILES string of the molecule is COc1ccc(N2CC(CS)CC2=O)cc1C(F)(F)F. The fraction of sp³-hybridized carbons (Fsp3) is 0.462. The number of nitrogens with zero attached hydrogens (tertiary/aromatic N) is 1. The topological polar surface area (TPSA) is 29.5 Å². The van der Waals surface area contributed by atoms with Crippen molar-refractivity contribution in [3.8, 4) is 5.75 Å². The number of thiol groups is 1. The van der Waals surface area contributed by atoms with Gasteiger partial charge in [0.2, 0.25) is 5.91 Å². The largest absolute Gasteiger partial charge is 0.496 e. The Morgan fingerprint density at radius 2 is 2.15 bits per heavy atom. The average Bonchev–Trinajstić information content (AvgIpc) is 2.78.